The molecule has 1 amide bonds. The highest BCUT2D eigenvalue weighted by Gasteiger charge is 2.23. The molecule has 0 radical (unpaired) electrons. The lowest BCUT2D eigenvalue weighted by Crippen LogP contribution is -2.48. The van der Waals surface area contributed by atoms with Crippen LogP contribution in [0.1, 0.15) is 6.42 Å². The number of ether oxygens (including phenoxy) is 3. The standard InChI is InChI=1S/C21H29N5O5/c1-29-18-13-16-17(14-19(18)31-10-2-3-24-8-11-30-12-9-24)22-15-23-20(16)25-4-6-26(7-5-25)21(27)28/h13-15H,2-12H2,1H3,(H,27,28). The van der Waals surface area contributed by atoms with Crippen LogP contribution in [0.4, 0.5) is 10.6 Å². The third-order valence-electron chi connectivity index (χ3n) is 5.73. The van der Waals surface area contributed by atoms with Crippen LogP contribution in [0.5, 0.6) is 11.5 Å². The Hall–Kier alpha value is -2.85. The van der Waals surface area contributed by atoms with E-state index in [1.807, 2.05) is 12.1 Å². The Morgan fingerprint density at radius 1 is 1.10 bits per heavy atom. The number of carboxylic acid groups (broad SMARTS) is 1. The Morgan fingerprint density at radius 2 is 1.87 bits per heavy atom. The molecule has 2 fully saturated rings. The van der Waals surface area contributed by atoms with Crippen LogP contribution >= 0.6 is 0 Å². The lowest BCUT2D eigenvalue weighted by molar-refractivity contribution is 0.0357. The summed E-state index contributed by atoms with van der Waals surface area (Å²) in [5.41, 5.74) is 0.773. The highest BCUT2D eigenvalue weighted by Crippen LogP contribution is 2.35. The molecule has 10 nitrogen and oxygen atoms in total. The van der Waals surface area contributed by atoms with E-state index in [2.05, 4.69) is 19.8 Å². The van der Waals surface area contributed by atoms with E-state index in [1.165, 1.54) is 11.2 Å². The molecule has 0 unspecified atom stereocenters. The minimum absolute atomic E-state index is 0.447. The first-order chi connectivity index (χ1) is 15.2. The van der Waals surface area contributed by atoms with Crippen molar-refractivity contribution in [2.45, 2.75) is 6.42 Å². The summed E-state index contributed by atoms with van der Waals surface area (Å²) in [4.78, 5) is 26.0. The molecule has 0 aliphatic carbocycles. The number of piperazine rings is 1. The summed E-state index contributed by atoms with van der Waals surface area (Å²) in [6, 6.07) is 3.80. The van der Waals surface area contributed by atoms with Gasteiger partial charge >= 0.3 is 6.09 Å². The Kier molecular flexibility index (Phi) is 6.88. The van der Waals surface area contributed by atoms with Crippen LogP contribution in [0.3, 0.4) is 0 Å². The molecule has 1 N–H and O–H groups in total. The molecule has 2 aliphatic rings. The fraction of sp³-hybridized carbons (Fsp3) is 0.571. The Labute approximate surface area is 181 Å². The van der Waals surface area contributed by atoms with E-state index < -0.39 is 6.09 Å². The number of benzene rings is 1. The molecular weight excluding hydrogens is 402 g/mol. The normalized spacial score (nSPS) is 17.7. The Balaban J connectivity index is 1.44. The number of rotatable bonds is 7. The van der Waals surface area contributed by atoms with Gasteiger partial charge in [0.05, 0.1) is 32.4 Å². The van der Waals surface area contributed by atoms with Crippen molar-refractivity contribution in [1.29, 1.82) is 0 Å². The van der Waals surface area contributed by atoms with Crippen molar-refractivity contribution in [3.05, 3.63) is 18.5 Å². The van der Waals surface area contributed by atoms with Gasteiger partial charge in [0.1, 0.15) is 12.1 Å². The summed E-state index contributed by atoms with van der Waals surface area (Å²) in [6.07, 6.45) is 1.57. The number of aromatic nitrogens is 2. The second-order valence-corrected chi connectivity index (χ2v) is 7.63. The van der Waals surface area contributed by atoms with Gasteiger partial charge in [0.15, 0.2) is 11.5 Å². The first kappa shape index (κ1) is 21.4. The number of anilines is 1. The second kappa shape index (κ2) is 9.97. The monoisotopic (exact) mass is 431 g/mol. The molecule has 2 aromatic rings. The van der Waals surface area contributed by atoms with Crippen molar-refractivity contribution < 1.29 is 24.1 Å². The molecule has 1 aromatic carbocycles. The van der Waals surface area contributed by atoms with Gasteiger partial charge in [-0.05, 0) is 12.5 Å². The van der Waals surface area contributed by atoms with E-state index in [0.717, 1.165) is 56.0 Å². The number of methoxy groups -OCH3 is 1. The van der Waals surface area contributed by atoms with Gasteiger partial charge in [0, 0.05) is 57.3 Å². The van der Waals surface area contributed by atoms with Gasteiger partial charge in [-0.15, -0.1) is 0 Å². The zero-order valence-electron chi connectivity index (χ0n) is 17.8. The average molecular weight is 431 g/mol. The van der Waals surface area contributed by atoms with Crippen molar-refractivity contribution >= 4 is 22.8 Å². The predicted molar refractivity (Wildman–Crippen MR) is 115 cm³/mol. The largest absolute Gasteiger partial charge is 0.493 e. The maximum absolute atomic E-state index is 11.2. The lowest BCUT2D eigenvalue weighted by Gasteiger charge is -2.34. The predicted octanol–water partition coefficient (Wildman–Crippen LogP) is 1.54. The van der Waals surface area contributed by atoms with E-state index >= 15 is 0 Å². The van der Waals surface area contributed by atoms with Crippen molar-refractivity contribution in [3.8, 4) is 11.5 Å². The van der Waals surface area contributed by atoms with Crippen LogP contribution in [-0.4, -0.2) is 104 Å². The summed E-state index contributed by atoms with van der Waals surface area (Å²) in [5, 5.41) is 10.0. The van der Waals surface area contributed by atoms with Gasteiger partial charge in [-0.3, -0.25) is 4.90 Å². The second-order valence-electron chi connectivity index (χ2n) is 7.63. The third kappa shape index (κ3) is 5.08. The number of amides is 1. The van der Waals surface area contributed by atoms with E-state index in [4.69, 9.17) is 14.2 Å². The average Bonchev–Trinajstić information content (AvgIpc) is 2.81. The summed E-state index contributed by atoms with van der Waals surface area (Å²) in [5.74, 6) is 2.09. The third-order valence-corrected chi connectivity index (χ3v) is 5.73. The van der Waals surface area contributed by atoms with Gasteiger partial charge in [-0.2, -0.15) is 0 Å². The quantitative estimate of drug-likeness (QED) is 0.654. The van der Waals surface area contributed by atoms with Crippen LogP contribution in [0, 0.1) is 0 Å². The zero-order chi connectivity index (χ0) is 21.6. The molecule has 0 saturated carbocycles. The van der Waals surface area contributed by atoms with Crippen LogP contribution in [0.2, 0.25) is 0 Å². The van der Waals surface area contributed by atoms with E-state index in [0.29, 0.717) is 44.3 Å². The molecule has 168 valence electrons. The van der Waals surface area contributed by atoms with E-state index in [1.54, 1.807) is 7.11 Å². The lowest BCUT2D eigenvalue weighted by atomic mass is 10.2. The maximum Gasteiger partial charge on any atom is 0.407 e. The van der Waals surface area contributed by atoms with Gasteiger partial charge in [-0.25, -0.2) is 14.8 Å². The number of carbonyl (C=O) groups is 1. The molecule has 1 aromatic heterocycles. The topological polar surface area (TPSA) is 100 Å². The van der Waals surface area contributed by atoms with E-state index in [9.17, 15) is 9.90 Å². The Bertz CT molecular complexity index is 897. The molecule has 0 atom stereocenters. The van der Waals surface area contributed by atoms with Crippen molar-refractivity contribution in [3.63, 3.8) is 0 Å². The molecule has 4 rings (SSSR count). The van der Waals surface area contributed by atoms with Gasteiger partial charge in [0.2, 0.25) is 0 Å². The van der Waals surface area contributed by atoms with Gasteiger partial charge < -0.3 is 29.1 Å². The van der Waals surface area contributed by atoms with Crippen molar-refractivity contribution in [1.82, 2.24) is 19.8 Å². The number of nitrogens with zero attached hydrogens (tertiary/aromatic N) is 5. The first-order valence-corrected chi connectivity index (χ1v) is 10.6. The highest BCUT2D eigenvalue weighted by molar-refractivity contribution is 5.92. The minimum Gasteiger partial charge on any atom is -0.493 e. The van der Waals surface area contributed by atoms with Gasteiger partial charge in [0.25, 0.3) is 0 Å². The molecular formula is C21H29N5O5. The molecule has 10 heteroatoms. The zero-order valence-corrected chi connectivity index (χ0v) is 17.8. The first-order valence-electron chi connectivity index (χ1n) is 10.6. The van der Waals surface area contributed by atoms with Gasteiger partial charge in [-0.1, -0.05) is 0 Å². The summed E-state index contributed by atoms with van der Waals surface area (Å²) in [6.45, 7) is 7.17. The maximum atomic E-state index is 11.2. The number of fused-ring (bicyclic) bond motifs is 1. The molecule has 0 spiro atoms. The van der Waals surface area contributed by atoms with E-state index in [-0.39, 0.29) is 0 Å². The molecule has 2 aliphatic heterocycles. The fourth-order valence-electron chi connectivity index (χ4n) is 3.98. The summed E-state index contributed by atoms with van der Waals surface area (Å²) in [7, 11) is 1.62. The summed E-state index contributed by atoms with van der Waals surface area (Å²) >= 11 is 0. The molecule has 3 heterocycles. The SMILES string of the molecule is COc1cc2c(N3CCN(C(=O)O)CC3)ncnc2cc1OCCCN1CCOCC1. The van der Waals surface area contributed by atoms with Crippen LogP contribution in [-0.2, 0) is 4.74 Å². The van der Waals surface area contributed by atoms with Crippen molar-refractivity contribution in [2.75, 3.05) is 77.6 Å². The number of hydrogen-bond donors (Lipinski definition) is 1. The highest BCUT2D eigenvalue weighted by atomic mass is 16.5. The number of hydrogen-bond acceptors (Lipinski definition) is 8. The Morgan fingerprint density at radius 3 is 2.58 bits per heavy atom. The number of morpholine rings is 1. The van der Waals surface area contributed by atoms with Crippen LogP contribution in [0.15, 0.2) is 18.5 Å². The minimum atomic E-state index is -0.885. The van der Waals surface area contributed by atoms with Crippen LogP contribution in [0.25, 0.3) is 10.9 Å². The molecule has 31 heavy (non-hydrogen) atoms. The molecule has 2 saturated heterocycles. The van der Waals surface area contributed by atoms with Crippen LogP contribution < -0.4 is 14.4 Å². The fourth-order valence-corrected chi connectivity index (χ4v) is 3.98. The molecule has 0 bridgehead atoms. The smallest absolute Gasteiger partial charge is 0.407 e. The summed E-state index contributed by atoms with van der Waals surface area (Å²) < 4.78 is 17.0. The van der Waals surface area contributed by atoms with Crippen molar-refractivity contribution in [2.24, 2.45) is 0 Å².